The maximum Gasteiger partial charge on any atom is 0.224 e. The average molecular weight is 339 g/mol. The van der Waals surface area contributed by atoms with Crippen LogP contribution in [-0.2, 0) is 11.2 Å². The summed E-state index contributed by atoms with van der Waals surface area (Å²) in [5.74, 6) is 0.480. The quantitative estimate of drug-likeness (QED) is 0.846. The van der Waals surface area contributed by atoms with Crippen LogP contribution in [0.2, 0.25) is 0 Å². The van der Waals surface area contributed by atoms with Gasteiger partial charge in [-0.25, -0.2) is 0 Å². The Morgan fingerprint density at radius 3 is 2.57 bits per heavy atom. The summed E-state index contributed by atoms with van der Waals surface area (Å²) in [7, 11) is 1.89. The zero-order chi connectivity index (χ0) is 16.3. The van der Waals surface area contributed by atoms with E-state index in [0.717, 1.165) is 16.5 Å². The summed E-state index contributed by atoms with van der Waals surface area (Å²) in [6.07, 6.45) is 2.05. The number of fused-ring (bicyclic) bond motifs is 1. The van der Waals surface area contributed by atoms with Crippen molar-refractivity contribution in [3.63, 3.8) is 0 Å². The van der Waals surface area contributed by atoms with Crippen molar-refractivity contribution in [2.75, 3.05) is 13.6 Å². The lowest BCUT2D eigenvalue weighted by Gasteiger charge is -2.11. The number of halogens is 1. The molecule has 1 atom stereocenters. The lowest BCUT2D eigenvalue weighted by molar-refractivity contribution is -0.120. The molecule has 0 aliphatic heterocycles. The molecule has 0 spiro atoms. The Morgan fingerprint density at radius 2 is 1.96 bits per heavy atom. The third kappa shape index (κ3) is 4.72. The first-order valence-electron chi connectivity index (χ1n) is 7.87. The topological polar surface area (TPSA) is 54.3 Å². The number of carbonyl (C=O) groups excluding carboxylic acids is 1. The highest BCUT2D eigenvalue weighted by atomic mass is 35.5. The highest BCUT2D eigenvalue weighted by Crippen LogP contribution is 2.29. The van der Waals surface area contributed by atoms with Crippen molar-refractivity contribution in [3.8, 4) is 0 Å². The molecule has 4 nitrogen and oxygen atoms in total. The summed E-state index contributed by atoms with van der Waals surface area (Å²) in [6.45, 7) is 9.12. The summed E-state index contributed by atoms with van der Waals surface area (Å²) < 4.78 is 5.62. The van der Waals surface area contributed by atoms with Gasteiger partial charge in [0.25, 0.3) is 0 Å². The van der Waals surface area contributed by atoms with Gasteiger partial charge in [-0.1, -0.05) is 13.8 Å². The van der Waals surface area contributed by atoms with Gasteiger partial charge in [-0.15, -0.1) is 12.4 Å². The van der Waals surface area contributed by atoms with Crippen molar-refractivity contribution in [1.29, 1.82) is 0 Å². The number of aryl methyl sites for hydroxylation is 1. The first-order chi connectivity index (χ1) is 10.4. The molecule has 128 valence electrons. The lowest BCUT2D eigenvalue weighted by Crippen LogP contribution is -2.37. The minimum absolute atomic E-state index is 0. The third-order valence-corrected chi connectivity index (χ3v) is 4.11. The fourth-order valence-electron chi connectivity index (χ4n) is 2.61. The third-order valence-electron chi connectivity index (χ3n) is 4.11. The second-order valence-corrected chi connectivity index (χ2v) is 6.29. The molecular formula is C18H27ClN2O2. The Labute approximate surface area is 144 Å². The van der Waals surface area contributed by atoms with Crippen LogP contribution in [-0.4, -0.2) is 25.5 Å². The van der Waals surface area contributed by atoms with Gasteiger partial charge in [0.15, 0.2) is 0 Å². The van der Waals surface area contributed by atoms with Crippen LogP contribution in [0.1, 0.15) is 43.4 Å². The molecule has 0 bridgehead atoms. The van der Waals surface area contributed by atoms with Gasteiger partial charge in [0, 0.05) is 23.5 Å². The molecule has 1 heterocycles. The van der Waals surface area contributed by atoms with E-state index >= 15 is 0 Å². The van der Waals surface area contributed by atoms with E-state index in [1.807, 2.05) is 14.0 Å². The fraction of sp³-hybridized carbons (Fsp3) is 0.500. The molecule has 23 heavy (non-hydrogen) atoms. The summed E-state index contributed by atoms with van der Waals surface area (Å²) in [4.78, 5) is 12.1. The first kappa shape index (κ1) is 19.5. The molecule has 1 aromatic carbocycles. The van der Waals surface area contributed by atoms with Crippen LogP contribution in [0.3, 0.4) is 0 Å². The monoisotopic (exact) mass is 338 g/mol. The van der Waals surface area contributed by atoms with Gasteiger partial charge >= 0.3 is 0 Å². The summed E-state index contributed by atoms with van der Waals surface area (Å²) in [5, 5.41) is 7.09. The van der Waals surface area contributed by atoms with Crippen LogP contribution >= 0.6 is 12.4 Å². The summed E-state index contributed by atoms with van der Waals surface area (Å²) in [5.41, 5.74) is 4.34. The number of hydrogen-bond acceptors (Lipinski definition) is 3. The smallest absolute Gasteiger partial charge is 0.224 e. The molecule has 0 fully saturated rings. The molecule has 0 aliphatic carbocycles. The van der Waals surface area contributed by atoms with Crippen LogP contribution in [0.5, 0.6) is 0 Å². The molecule has 5 heteroatoms. The number of hydrogen-bond donors (Lipinski definition) is 2. The van der Waals surface area contributed by atoms with Crippen molar-refractivity contribution in [2.45, 2.75) is 46.1 Å². The summed E-state index contributed by atoms with van der Waals surface area (Å²) in [6, 6.07) is 4.49. The van der Waals surface area contributed by atoms with E-state index in [0.29, 0.717) is 18.9 Å². The first-order valence-corrected chi connectivity index (χ1v) is 7.87. The SMILES string of the molecule is CNC(C)CNC(=O)Cc1coc2cc(C)c(C(C)C)cc12.Cl. The minimum atomic E-state index is 0. The van der Waals surface area contributed by atoms with Gasteiger partial charge in [-0.3, -0.25) is 4.79 Å². The number of likely N-dealkylation sites (N-methyl/N-ethyl adjacent to an activating group) is 1. The van der Waals surface area contributed by atoms with Gasteiger partial charge in [0.1, 0.15) is 5.58 Å². The van der Waals surface area contributed by atoms with Gasteiger partial charge in [-0.05, 0) is 50.1 Å². The van der Waals surface area contributed by atoms with Crippen LogP contribution in [0.25, 0.3) is 11.0 Å². The number of carbonyl (C=O) groups is 1. The standard InChI is InChI=1S/C18H26N2O2.ClH/c1-11(2)15-8-16-14(10-22-17(16)6-12(15)3)7-18(21)20-9-13(4)19-5;/h6,8,10-11,13,19H,7,9H2,1-5H3,(H,20,21);1H. The molecule has 2 aromatic rings. The largest absolute Gasteiger partial charge is 0.464 e. The van der Waals surface area contributed by atoms with Crippen LogP contribution in [0.15, 0.2) is 22.8 Å². The molecular weight excluding hydrogens is 312 g/mol. The second-order valence-electron chi connectivity index (χ2n) is 6.29. The Bertz CT molecular complexity index is 664. The molecule has 0 saturated carbocycles. The van der Waals surface area contributed by atoms with Gasteiger partial charge < -0.3 is 15.1 Å². The minimum Gasteiger partial charge on any atom is -0.464 e. The molecule has 1 unspecified atom stereocenters. The number of furan rings is 1. The maximum absolute atomic E-state index is 12.1. The van der Waals surface area contributed by atoms with Gasteiger partial charge in [0.05, 0.1) is 12.7 Å². The van der Waals surface area contributed by atoms with E-state index in [2.05, 4.69) is 43.5 Å². The van der Waals surface area contributed by atoms with Crippen molar-refractivity contribution in [3.05, 3.63) is 35.1 Å². The number of rotatable bonds is 6. The van der Waals surface area contributed by atoms with Gasteiger partial charge in [0.2, 0.25) is 5.91 Å². The van der Waals surface area contributed by atoms with Crippen LogP contribution in [0.4, 0.5) is 0 Å². The summed E-state index contributed by atoms with van der Waals surface area (Å²) >= 11 is 0. The zero-order valence-corrected chi connectivity index (χ0v) is 15.3. The predicted molar refractivity (Wildman–Crippen MR) is 97.5 cm³/mol. The zero-order valence-electron chi connectivity index (χ0n) is 14.5. The fourth-order valence-corrected chi connectivity index (χ4v) is 2.61. The van der Waals surface area contributed by atoms with E-state index in [1.54, 1.807) is 6.26 Å². The van der Waals surface area contributed by atoms with E-state index in [1.165, 1.54) is 11.1 Å². The van der Waals surface area contributed by atoms with Crippen molar-refractivity contribution in [2.24, 2.45) is 0 Å². The van der Waals surface area contributed by atoms with E-state index in [9.17, 15) is 4.79 Å². The van der Waals surface area contributed by atoms with Crippen LogP contribution < -0.4 is 10.6 Å². The Kier molecular flexibility index (Phi) is 7.10. The van der Waals surface area contributed by atoms with Crippen molar-refractivity contribution in [1.82, 2.24) is 10.6 Å². The molecule has 1 aromatic heterocycles. The molecule has 2 rings (SSSR count). The highest BCUT2D eigenvalue weighted by molar-refractivity contribution is 5.88. The number of amides is 1. The van der Waals surface area contributed by atoms with Crippen LogP contribution in [0, 0.1) is 6.92 Å². The molecule has 0 aliphatic rings. The predicted octanol–water partition coefficient (Wildman–Crippen LogP) is 3.55. The average Bonchev–Trinajstić information content (AvgIpc) is 2.85. The Morgan fingerprint density at radius 1 is 1.26 bits per heavy atom. The maximum atomic E-state index is 12.1. The van der Waals surface area contributed by atoms with E-state index in [4.69, 9.17) is 4.42 Å². The normalized spacial score (nSPS) is 12.3. The van der Waals surface area contributed by atoms with Crippen molar-refractivity contribution >= 4 is 29.3 Å². The van der Waals surface area contributed by atoms with Gasteiger partial charge in [-0.2, -0.15) is 0 Å². The van der Waals surface area contributed by atoms with E-state index in [-0.39, 0.29) is 24.4 Å². The lowest BCUT2D eigenvalue weighted by atomic mass is 9.95. The molecule has 0 radical (unpaired) electrons. The van der Waals surface area contributed by atoms with Crippen molar-refractivity contribution < 1.29 is 9.21 Å². The second kappa shape index (κ2) is 8.37. The number of nitrogens with one attached hydrogen (secondary N) is 2. The molecule has 1 amide bonds. The Balaban J connectivity index is 0.00000264. The molecule has 2 N–H and O–H groups in total. The highest BCUT2D eigenvalue weighted by Gasteiger charge is 2.14. The number of benzene rings is 1. The van der Waals surface area contributed by atoms with E-state index < -0.39 is 0 Å². The molecule has 0 saturated heterocycles. The Hall–Kier alpha value is -1.52.